The van der Waals surface area contributed by atoms with Crippen molar-refractivity contribution < 1.29 is 0 Å². The SMILES string of the molecule is [CH]=C(C)CCC1CC1. The molecule has 1 fully saturated rings. The summed E-state index contributed by atoms with van der Waals surface area (Å²) in [7, 11) is 0. The van der Waals surface area contributed by atoms with Crippen molar-refractivity contribution in [3.8, 4) is 0 Å². The lowest BCUT2D eigenvalue weighted by Crippen LogP contribution is -1.76. The first-order valence-electron chi connectivity index (χ1n) is 3.37. The Labute approximate surface area is 51.6 Å². The normalized spacial score (nSPS) is 18.6. The number of allylic oxidation sites excluding steroid dienone is 1. The molecule has 1 rings (SSSR count). The molecule has 0 aromatic rings. The van der Waals surface area contributed by atoms with Gasteiger partial charge in [-0.25, -0.2) is 0 Å². The third kappa shape index (κ3) is 2.15. The van der Waals surface area contributed by atoms with Gasteiger partial charge in [0.15, 0.2) is 0 Å². The van der Waals surface area contributed by atoms with Crippen LogP contribution in [0.4, 0.5) is 0 Å². The molecule has 0 amide bonds. The van der Waals surface area contributed by atoms with Gasteiger partial charge in [-0.2, -0.15) is 0 Å². The molecule has 0 saturated heterocycles. The summed E-state index contributed by atoms with van der Waals surface area (Å²) in [6.45, 7) is 7.49. The highest BCUT2D eigenvalue weighted by molar-refractivity contribution is 4.87. The number of hydrogen-bond acceptors (Lipinski definition) is 0. The van der Waals surface area contributed by atoms with Gasteiger partial charge in [0.05, 0.1) is 0 Å². The average Bonchev–Trinajstić information content (AvgIpc) is 2.41. The zero-order valence-electron chi connectivity index (χ0n) is 5.48. The summed E-state index contributed by atoms with van der Waals surface area (Å²) >= 11 is 0. The number of rotatable bonds is 3. The van der Waals surface area contributed by atoms with Crippen LogP contribution in [0.1, 0.15) is 32.6 Å². The minimum atomic E-state index is 1.04. The van der Waals surface area contributed by atoms with Crippen LogP contribution < -0.4 is 0 Å². The second-order valence-electron chi connectivity index (χ2n) is 2.83. The Morgan fingerprint density at radius 1 is 1.62 bits per heavy atom. The van der Waals surface area contributed by atoms with Crippen LogP contribution in [0.15, 0.2) is 5.57 Å². The zero-order valence-corrected chi connectivity index (χ0v) is 5.48. The average molecular weight is 109 g/mol. The van der Waals surface area contributed by atoms with Gasteiger partial charge in [0, 0.05) is 0 Å². The van der Waals surface area contributed by atoms with Crippen molar-refractivity contribution in [2.45, 2.75) is 32.6 Å². The van der Waals surface area contributed by atoms with Crippen LogP contribution in [-0.4, -0.2) is 0 Å². The van der Waals surface area contributed by atoms with Crippen molar-refractivity contribution >= 4 is 0 Å². The lowest BCUT2D eigenvalue weighted by molar-refractivity contribution is 0.722. The fourth-order valence-corrected chi connectivity index (χ4v) is 0.838. The maximum absolute atomic E-state index is 5.49. The molecule has 0 atom stereocenters. The maximum atomic E-state index is 5.49. The van der Waals surface area contributed by atoms with Gasteiger partial charge in [0.25, 0.3) is 0 Å². The lowest BCUT2D eigenvalue weighted by Gasteiger charge is -1.93. The summed E-state index contributed by atoms with van der Waals surface area (Å²) in [6, 6.07) is 0. The predicted octanol–water partition coefficient (Wildman–Crippen LogP) is 2.56. The second-order valence-corrected chi connectivity index (χ2v) is 2.83. The third-order valence-corrected chi connectivity index (χ3v) is 1.64. The van der Waals surface area contributed by atoms with Gasteiger partial charge in [-0.15, -0.1) is 0 Å². The van der Waals surface area contributed by atoms with Gasteiger partial charge < -0.3 is 0 Å². The van der Waals surface area contributed by atoms with Gasteiger partial charge in [0.2, 0.25) is 0 Å². The van der Waals surface area contributed by atoms with E-state index >= 15 is 0 Å². The Morgan fingerprint density at radius 3 is 2.62 bits per heavy atom. The predicted molar refractivity (Wildman–Crippen MR) is 35.4 cm³/mol. The van der Waals surface area contributed by atoms with Gasteiger partial charge in [-0.05, 0) is 25.7 Å². The summed E-state index contributed by atoms with van der Waals surface area (Å²) in [4.78, 5) is 0. The van der Waals surface area contributed by atoms with Crippen molar-refractivity contribution in [1.82, 2.24) is 0 Å². The van der Waals surface area contributed by atoms with Crippen molar-refractivity contribution in [2.75, 3.05) is 0 Å². The summed E-state index contributed by atoms with van der Waals surface area (Å²) in [6.07, 6.45) is 5.38. The van der Waals surface area contributed by atoms with E-state index in [2.05, 4.69) is 0 Å². The van der Waals surface area contributed by atoms with Crippen LogP contribution >= 0.6 is 0 Å². The van der Waals surface area contributed by atoms with E-state index in [1.54, 1.807) is 0 Å². The molecule has 1 aliphatic carbocycles. The highest BCUT2D eigenvalue weighted by Gasteiger charge is 2.19. The highest BCUT2D eigenvalue weighted by atomic mass is 14.3. The Balaban J connectivity index is 1.95. The van der Waals surface area contributed by atoms with Crippen molar-refractivity contribution in [1.29, 1.82) is 0 Å². The lowest BCUT2D eigenvalue weighted by atomic mass is 10.1. The molecular formula is C8H13. The molecule has 0 aromatic carbocycles. The maximum Gasteiger partial charge on any atom is -0.0317 e. The minimum absolute atomic E-state index is 1.04. The Morgan fingerprint density at radius 2 is 2.25 bits per heavy atom. The fraction of sp³-hybridized carbons (Fsp3) is 0.750. The van der Waals surface area contributed by atoms with Crippen LogP contribution in [-0.2, 0) is 0 Å². The van der Waals surface area contributed by atoms with Gasteiger partial charge in [-0.1, -0.05) is 25.0 Å². The molecule has 0 spiro atoms. The van der Waals surface area contributed by atoms with Crippen LogP contribution in [0.25, 0.3) is 0 Å². The van der Waals surface area contributed by atoms with Crippen molar-refractivity contribution in [3.05, 3.63) is 12.2 Å². The summed E-state index contributed by atoms with van der Waals surface area (Å²) in [5.74, 6) is 1.04. The molecule has 1 saturated carbocycles. The van der Waals surface area contributed by atoms with E-state index in [4.69, 9.17) is 6.58 Å². The van der Waals surface area contributed by atoms with Crippen LogP contribution in [0.3, 0.4) is 0 Å². The number of hydrogen-bond donors (Lipinski definition) is 0. The Kier molecular flexibility index (Phi) is 1.72. The van der Waals surface area contributed by atoms with E-state index in [-0.39, 0.29) is 0 Å². The van der Waals surface area contributed by atoms with Crippen LogP contribution in [0.2, 0.25) is 0 Å². The highest BCUT2D eigenvalue weighted by Crippen LogP contribution is 2.34. The topological polar surface area (TPSA) is 0 Å². The zero-order chi connectivity index (χ0) is 5.98. The monoisotopic (exact) mass is 109 g/mol. The van der Waals surface area contributed by atoms with Crippen molar-refractivity contribution in [2.24, 2.45) is 5.92 Å². The van der Waals surface area contributed by atoms with E-state index in [1.165, 1.54) is 19.3 Å². The molecule has 0 heteroatoms. The third-order valence-electron chi connectivity index (χ3n) is 1.64. The van der Waals surface area contributed by atoms with E-state index in [1.807, 2.05) is 6.92 Å². The molecule has 0 aromatic heterocycles. The van der Waals surface area contributed by atoms with E-state index in [9.17, 15) is 0 Å². The Bertz CT molecular complexity index is 88.2. The van der Waals surface area contributed by atoms with Gasteiger partial charge in [-0.3, -0.25) is 0 Å². The van der Waals surface area contributed by atoms with E-state index in [0.29, 0.717) is 0 Å². The van der Waals surface area contributed by atoms with E-state index < -0.39 is 0 Å². The van der Waals surface area contributed by atoms with Crippen molar-refractivity contribution in [3.63, 3.8) is 0 Å². The first kappa shape index (κ1) is 5.87. The molecule has 8 heavy (non-hydrogen) atoms. The van der Waals surface area contributed by atoms with Gasteiger partial charge in [0.1, 0.15) is 0 Å². The molecule has 0 heterocycles. The molecule has 0 N–H and O–H groups in total. The fourth-order valence-electron chi connectivity index (χ4n) is 0.838. The molecule has 1 radical (unpaired) electrons. The minimum Gasteiger partial charge on any atom is -0.0733 e. The molecule has 0 aliphatic heterocycles. The largest absolute Gasteiger partial charge is 0.0733 e. The Hall–Kier alpha value is -0.260. The molecule has 45 valence electrons. The first-order valence-corrected chi connectivity index (χ1v) is 3.37. The molecule has 0 nitrogen and oxygen atoms in total. The molecule has 0 unspecified atom stereocenters. The molecular weight excluding hydrogens is 96.1 g/mol. The summed E-state index contributed by atoms with van der Waals surface area (Å²) in [5, 5.41) is 0. The van der Waals surface area contributed by atoms with E-state index in [0.717, 1.165) is 17.9 Å². The van der Waals surface area contributed by atoms with Crippen LogP contribution in [0, 0.1) is 12.5 Å². The van der Waals surface area contributed by atoms with Gasteiger partial charge >= 0.3 is 0 Å². The summed E-state index contributed by atoms with van der Waals surface area (Å²) in [5.41, 5.74) is 1.09. The quantitative estimate of drug-likeness (QED) is 0.522. The smallest absolute Gasteiger partial charge is 0.0317 e. The summed E-state index contributed by atoms with van der Waals surface area (Å²) < 4.78 is 0. The van der Waals surface area contributed by atoms with Crippen LogP contribution in [0.5, 0.6) is 0 Å². The molecule has 0 bridgehead atoms. The first-order chi connectivity index (χ1) is 3.79. The second kappa shape index (κ2) is 2.34. The standard InChI is InChI=1S/C8H13/c1-7(2)3-4-8-5-6-8/h1,8H,3-6H2,2H3. The molecule has 1 aliphatic rings.